The predicted molar refractivity (Wildman–Crippen MR) is 67.2 cm³/mol. The Hall–Kier alpha value is -1.17. The number of rotatable bonds is 4. The van der Waals surface area contributed by atoms with Crippen LogP contribution in [-0.4, -0.2) is 27.7 Å². The molecule has 1 saturated carbocycles. The van der Waals surface area contributed by atoms with Crippen LogP contribution < -0.4 is 5.32 Å². The first-order valence-corrected chi connectivity index (χ1v) is 6.24. The zero-order chi connectivity index (χ0) is 12.6. The highest BCUT2D eigenvalue weighted by Gasteiger charge is 2.33. The Morgan fingerprint density at radius 3 is 2.82 bits per heavy atom. The van der Waals surface area contributed by atoms with Gasteiger partial charge in [0.05, 0.1) is 5.41 Å². The summed E-state index contributed by atoms with van der Waals surface area (Å²) < 4.78 is 2.56. The lowest BCUT2D eigenvalue weighted by Crippen LogP contribution is -2.38. The second-order valence-electron chi connectivity index (χ2n) is 5.21. The number of nitrogens with zero attached hydrogens (tertiary/aromatic N) is 2. The number of hydrogen-bond acceptors (Lipinski definition) is 3. The van der Waals surface area contributed by atoms with E-state index in [1.165, 1.54) is 12.8 Å². The number of aromatic nitrogens is 3. The van der Waals surface area contributed by atoms with Gasteiger partial charge in [0, 0.05) is 19.5 Å². The molecule has 1 aromatic rings. The number of nitrogens with one attached hydrogen (secondary N) is 2. The van der Waals surface area contributed by atoms with E-state index in [2.05, 4.69) is 15.5 Å². The highest BCUT2D eigenvalue weighted by Crippen LogP contribution is 2.39. The van der Waals surface area contributed by atoms with Gasteiger partial charge < -0.3 is 9.88 Å². The fourth-order valence-corrected chi connectivity index (χ4v) is 2.15. The summed E-state index contributed by atoms with van der Waals surface area (Å²) in [4.78, 5) is 11.8. The molecule has 1 aromatic heterocycles. The van der Waals surface area contributed by atoms with Crippen LogP contribution in [0.4, 0.5) is 0 Å². The van der Waals surface area contributed by atoms with Gasteiger partial charge in [-0.15, -0.1) is 0 Å². The molecule has 0 aromatic carbocycles. The van der Waals surface area contributed by atoms with Crippen molar-refractivity contribution in [1.29, 1.82) is 0 Å². The Balaban J connectivity index is 2.26. The summed E-state index contributed by atoms with van der Waals surface area (Å²) in [7, 11) is 1.65. The van der Waals surface area contributed by atoms with Gasteiger partial charge in [0.1, 0.15) is 5.82 Å². The van der Waals surface area contributed by atoms with Gasteiger partial charge >= 0.3 is 0 Å². The number of H-pyrrole nitrogens is 1. The van der Waals surface area contributed by atoms with Crippen LogP contribution in [0.15, 0.2) is 0 Å². The second kappa shape index (κ2) is 4.25. The molecule has 1 aliphatic rings. The Labute approximate surface area is 106 Å². The highest BCUT2D eigenvalue weighted by molar-refractivity contribution is 7.71. The molecule has 1 fully saturated rings. The molecule has 0 atom stereocenters. The third kappa shape index (κ3) is 2.41. The molecule has 0 saturated heterocycles. The maximum atomic E-state index is 11.8. The minimum Gasteiger partial charge on any atom is -0.359 e. The lowest BCUT2D eigenvalue weighted by Gasteiger charge is -2.23. The number of carbonyl (C=O) groups is 1. The standard InChI is InChI=1S/C11H18N4OS/c1-11(2,9(16)12-3)6-15-8(7-4-5-7)13-14-10(15)17/h7H,4-6H2,1-3H3,(H,12,16)(H,14,17). The first-order chi connectivity index (χ1) is 7.95. The van der Waals surface area contributed by atoms with Gasteiger partial charge in [-0.25, -0.2) is 0 Å². The number of aromatic amines is 1. The molecule has 6 heteroatoms. The van der Waals surface area contributed by atoms with Gasteiger partial charge in [-0.2, -0.15) is 5.10 Å². The molecular weight excluding hydrogens is 236 g/mol. The minimum absolute atomic E-state index is 0.0161. The number of carbonyl (C=O) groups excluding carboxylic acids is 1. The van der Waals surface area contributed by atoms with Crippen molar-refractivity contribution >= 4 is 18.1 Å². The molecule has 1 amide bonds. The van der Waals surface area contributed by atoms with Crippen LogP contribution in [0.2, 0.25) is 0 Å². The van der Waals surface area contributed by atoms with Crippen LogP contribution in [0.5, 0.6) is 0 Å². The van der Waals surface area contributed by atoms with Crippen molar-refractivity contribution < 1.29 is 4.79 Å². The average molecular weight is 254 g/mol. The van der Waals surface area contributed by atoms with Crippen LogP contribution >= 0.6 is 12.2 Å². The molecule has 2 rings (SSSR count). The molecule has 0 unspecified atom stereocenters. The van der Waals surface area contributed by atoms with Crippen molar-refractivity contribution in [2.45, 2.75) is 39.2 Å². The second-order valence-corrected chi connectivity index (χ2v) is 5.60. The molecular formula is C11H18N4OS. The molecule has 94 valence electrons. The van der Waals surface area contributed by atoms with Crippen molar-refractivity contribution in [2.24, 2.45) is 5.41 Å². The topological polar surface area (TPSA) is 62.7 Å². The Morgan fingerprint density at radius 1 is 1.65 bits per heavy atom. The average Bonchev–Trinajstić information content (AvgIpc) is 3.05. The fourth-order valence-electron chi connectivity index (χ4n) is 1.94. The predicted octanol–water partition coefficient (Wildman–Crippen LogP) is 1.59. The maximum absolute atomic E-state index is 11.8. The lowest BCUT2D eigenvalue weighted by atomic mass is 9.92. The van der Waals surface area contributed by atoms with Gasteiger partial charge in [0.15, 0.2) is 4.77 Å². The van der Waals surface area contributed by atoms with E-state index in [0.717, 1.165) is 5.82 Å². The van der Waals surface area contributed by atoms with E-state index in [4.69, 9.17) is 12.2 Å². The summed E-state index contributed by atoms with van der Waals surface area (Å²) in [5.41, 5.74) is -0.486. The summed E-state index contributed by atoms with van der Waals surface area (Å²) in [6.45, 7) is 4.39. The summed E-state index contributed by atoms with van der Waals surface area (Å²) in [5, 5.41) is 9.77. The molecule has 0 spiro atoms. The number of hydrogen-bond donors (Lipinski definition) is 2. The maximum Gasteiger partial charge on any atom is 0.227 e. The van der Waals surface area contributed by atoms with E-state index < -0.39 is 5.41 Å². The van der Waals surface area contributed by atoms with E-state index in [-0.39, 0.29) is 5.91 Å². The summed E-state index contributed by atoms with van der Waals surface area (Å²) >= 11 is 5.22. The SMILES string of the molecule is CNC(=O)C(C)(C)Cn1c(C2CC2)n[nH]c1=S. The smallest absolute Gasteiger partial charge is 0.227 e. The Kier molecular flexibility index (Phi) is 3.07. The van der Waals surface area contributed by atoms with Crippen LogP contribution in [0.1, 0.15) is 38.4 Å². The van der Waals surface area contributed by atoms with Gasteiger partial charge in [-0.3, -0.25) is 9.89 Å². The van der Waals surface area contributed by atoms with Crippen molar-refractivity contribution in [2.75, 3.05) is 7.05 Å². The molecule has 0 radical (unpaired) electrons. The first kappa shape index (κ1) is 12.3. The quantitative estimate of drug-likeness (QED) is 0.802. The molecule has 1 aliphatic carbocycles. The van der Waals surface area contributed by atoms with Gasteiger partial charge in [-0.05, 0) is 38.9 Å². The third-order valence-corrected chi connectivity index (χ3v) is 3.44. The fraction of sp³-hybridized carbons (Fsp3) is 0.727. The van der Waals surface area contributed by atoms with Crippen LogP contribution in [0.25, 0.3) is 0 Å². The van der Waals surface area contributed by atoms with Crippen LogP contribution in [-0.2, 0) is 11.3 Å². The van der Waals surface area contributed by atoms with E-state index in [1.807, 2.05) is 18.4 Å². The Bertz CT molecular complexity index is 484. The Morgan fingerprint density at radius 2 is 2.29 bits per heavy atom. The summed E-state index contributed by atoms with van der Waals surface area (Å²) in [5.74, 6) is 1.53. The van der Waals surface area contributed by atoms with Gasteiger partial charge in [0.2, 0.25) is 5.91 Å². The van der Waals surface area contributed by atoms with Crippen LogP contribution in [0, 0.1) is 10.2 Å². The lowest BCUT2D eigenvalue weighted by molar-refractivity contribution is -0.129. The molecule has 5 nitrogen and oxygen atoms in total. The largest absolute Gasteiger partial charge is 0.359 e. The zero-order valence-electron chi connectivity index (χ0n) is 10.4. The molecule has 0 bridgehead atoms. The molecule has 2 N–H and O–H groups in total. The van der Waals surface area contributed by atoms with Crippen LogP contribution in [0.3, 0.4) is 0 Å². The van der Waals surface area contributed by atoms with Gasteiger partial charge in [0.25, 0.3) is 0 Å². The minimum atomic E-state index is -0.486. The van der Waals surface area contributed by atoms with E-state index in [0.29, 0.717) is 17.2 Å². The summed E-state index contributed by atoms with van der Waals surface area (Å²) in [6, 6.07) is 0. The normalized spacial score (nSPS) is 15.9. The monoisotopic (exact) mass is 254 g/mol. The van der Waals surface area contributed by atoms with Crippen molar-refractivity contribution in [1.82, 2.24) is 20.1 Å². The van der Waals surface area contributed by atoms with Crippen molar-refractivity contribution in [3.05, 3.63) is 10.6 Å². The first-order valence-electron chi connectivity index (χ1n) is 5.83. The summed E-state index contributed by atoms with van der Waals surface area (Å²) in [6.07, 6.45) is 2.33. The molecule has 0 aliphatic heterocycles. The van der Waals surface area contributed by atoms with Crippen molar-refractivity contribution in [3.8, 4) is 0 Å². The van der Waals surface area contributed by atoms with Gasteiger partial charge in [-0.1, -0.05) is 0 Å². The van der Waals surface area contributed by atoms with Crippen molar-refractivity contribution in [3.63, 3.8) is 0 Å². The van der Waals surface area contributed by atoms with E-state index >= 15 is 0 Å². The highest BCUT2D eigenvalue weighted by atomic mass is 32.1. The number of amides is 1. The third-order valence-electron chi connectivity index (χ3n) is 3.13. The van der Waals surface area contributed by atoms with E-state index in [1.54, 1.807) is 7.05 Å². The molecule has 17 heavy (non-hydrogen) atoms. The molecule has 1 heterocycles. The van der Waals surface area contributed by atoms with E-state index in [9.17, 15) is 4.79 Å². The zero-order valence-corrected chi connectivity index (χ0v) is 11.2.